The Labute approximate surface area is 91.1 Å². The van der Waals surface area contributed by atoms with Crippen molar-refractivity contribution in [2.24, 2.45) is 0 Å². The number of hydrogen-bond donors (Lipinski definition) is 2. The number of aliphatic hydroxyl groups is 1. The third-order valence-electron chi connectivity index (χ3n) is 2.32. The van der Waals surface area contributed by atoms with Gasteiger partial charge in [-0.2, -0.15) is 0 Å². The largest absolute Gasteiger partial charge is 0.496 e. The lowest BCUT2D eigenvalue weighted by molar-refractivity contribution is 0.187. The van der Waals surface area contributed by atoms with Gasteiger partial charge in [-0.1, -0.05) is 18.2 Å². The molecule has 84 valence electrons. The molecule has 0 bridgehead atoms. The highest BCUT2D eigenvalue weighted by molar-refractivity contribution is 5.35. The zero-order valence-corrected chi connectivity index (χ0v) is 9.53. The average molecular weight is 209 g/mol. The Morgan fingerprint density at radius 1 is 1.33 bits per heavy atom. The summed E-state index contributed by atoms with van der Waals surface area (Å²) in [4.78, 5) is 0. The van der Waals surface area contributed by atoms with Gasteiger partial charge in [0.1, 0.15) is 5.75 Å². The first-order chi connectivity index (χ1) is 7.15. The van der Waals surface area contributed by atoms with Gasteiger partial charge in [-0.05, 0) is 19.9 Å². The summed E-state index contributed by atoms with van der Waals surface area (Å²) in [6.45, 7) is 4.40. The van der Waals surface area contributed by atoms with Crippen molar-refractivity contribution in [2.45, 2.75) is 26.0 Å². The highest BCUT2D eigenvalue weighted by Gasteiger charge is 2.10. The monoisotopic (exact) mass is 209 g/mol. The summed E-state index contributed by atoms with van der Waals surface area (Å²) in [6, 6.07) is 8.08. The van der Waals surface area contributed by atoms with Gasteiger partial charge >= 0.3 is 0 Å². The summed E-state index contributed by atoms with van der Waals surface area (Å²) < 4.78 is 5.27. The first-order valence-corrected chi connectivity index (χ1v) is 5.19. The standard InChI is InChI=1S/C12H19NO2/c1-9(14)8-13-10(2)11-6-4-5-7-12(11)15-3/h4-7,9-10,13-14H,8H2,1-3H3. The molecule has 15 heavy (non-hydrogen) atoms. The normalized spacial score (nSPS) is 14.7. The minimum absolute atomic E-state index is 0.177. The topological polar surface area (TPSA) is 41.5 Å². The fourth-order valence-corrected chi connectivity index (χ4v) is 1.48. The average Bonchev–Trinajstić information content (AvgIpc) is 2.25. The molecular weight excluding hydrogens is 190 g/mol. The smallest absolute Gasteiger partial charge is 0.123 e. The van der Waals surface area contributed by atoms with Gasteiger partial charge in [0.25, 0.3) is 0 Å². The van der Waals surface area contributed by atoms with E-state index in [1.54, 1.807) is 14.0 Å². The van der Waals surface area contributed by atoms with E-state index in [2.05, 4.69) is 12.2 Å². The molecular formula is C12H19NO2. The van der Waals surface area contributed by atoms with Crippen LogP contribution in [-0.2, 0) is 0 Å². The molecule has 1 rings (SSSR count). The van der Waals surface area contributed by atoms with Gasteiger partial charge in [0.05, 0.1) is 13.2 Å². The maximum Gasteiger partial charge on any atom is 0.123 e. The summed E-state index contributed by atoms with van der Waals surface area (Å²) >= 11 is 0. The van der Waals surface area contributed by atoms with Crippen molar-refractivity contribution >= 4 is 0 Å². The lowest BCUT2D eigenvalue weighted by Gasteiger charge is -2.17. The number of aliphatic hydroxyl groups excluding tert-OH is 1. The van der Waals surface area contributed by atoms with Crippen LogP contribution in [0.4, 0.5) is 0 Å². The lowest BCUT2D eigenvalue weighted by atomic mass is 10.1. The summed E-state index contributed by atoms with van der Waals surface area (Å²) in [6.07, 6.45) is -0.331. The second-order valence-electron chi connectivity index (χ2n) is 3.72. The molecule has 1 aromatic rings. The van der Waals surface area contributed by atoms with Gasteiger partial charge in [-0.25, -0.2) is 0 Å². The molecule has 0 fully saturated rings. The molecule has 2 atom stereocenters. The van der Waals surface area contributed by atoms with E-state index in [-0.39, 0.29) is 12.1 Å². The molecule has 3 heteroatoms. The van der Waals surface area contributed by atoms with E-state index in [9.17, 15) is 5.11 Å². The van der Waals surface area contributed by atoms with Crippen molar-refractivity contribution in [3.05, 3.63) is 29.8 Å². The third-order valence-corrected chi connectivity index (χ3v) is 2.32. The number of nitrogens with one attached hydrogen (secondary N) is 1. The molecule has 0 radical (unpaired) electrons. The van der Waals surface area contributed by atoms with Crippen molar-refractivity contribution in [3.8, 4) is 5.75 Å². The van der Waals surface area contributed by atoms with E-state index < -0.39 is 0 Å². The maximum atomic E-state index is 9.18. The van der Waals surface area contributed by atoms with Crippen molar-refractivity contribution in [3.63, 3.8) is 0 Å². The number of benzene rings is 1. The van der Waals surface area contributed by atoms with E-state index in [0.29, 0.717) is 6.54 Å². The molecule has 0 aromatic heterocycles. The molecule has 2 N–H and O–H groups in total. The molecule has 3 nitrogen and oxygen atoms in total. The minimum atomic E-state index is -0.331. The number of ether oxygens (including phenoxy) is 1. The van der Waals surface area contributed by atoms with Gasteiger partial charge in [-0.3, -0.25) is 0 Å². The van der Waals surface area contributed by atoms with Crippen LogP contribution in [0.5, 0.6) is 5.75 Å². The van der Waals surface area contributed by atoms with Gasteiger partial charge in [0.15, 0.2) is 0 Å². The van der Waals surface area contributed by atoms with Gasteiger partial charge < -0.3 is 15.2 Å². The summed E-state index contributed by atoms with van der Waals surface area (Å²) in [5.74, 6) is 0.878. The van der Waals surface area contributed by atoms with Crippen LogP contribution in [0.25, 0.3) is 0 Å². The fourth-order valence-electron chi connectivity index (χ4n) is 1.48. The summed E-state index contributed by atoms with van der Waals surface area (Å²) in [7, 11) is 1.67. The number of methoxy groups -OCH3 is 1. The molecule has 2 unspecified atom stereocenters. The Hall–Kier alpha value is -1.06. The molecule has 1 aromatic carbocycles. The summed E-state index contributed by atoms with van der Waals surface area (Å²) in [5.41, 5.74) is 1.11. The van der Waals surface area contributed by atoms with Gasteiger partial charge in [-0.15, -0.1) is 0 Å². The summed E-state index contributed by atoms with van der Waals surface area (Å²) in [5, 5.41) is 12.4. The molecule has 0 aliphatic heterocycles. The van der Waals surface area contributed by atoms with Crippen LogP contribution in [0.3, 0.4) is 0 Å². The minimum Gasteiger partial charge on any atom is -0.496 e. The Kier molecular flexibility index (Phi) is 4.59. The Balaban J connectivity index is 2.68. The van der Waals surface area contributed by atoms with Crippen LogP contribution in [-0.4, -0.2) is 24.9 Å². The van der Waals surface area contributed by atoms with Crippen LogP contribution in [0.1, 0.15) is 25.5 Å². The quantitative estimate of drug-likeness (QED) is 0.776. The first-order valence-electron chi connectivity index (χ1n) is 5.19. The third kappa shape index (κ3) is 3.53. The highest BCUT2D eigenvalue weighted by Crippen LogP contribution is 2.23. The van der Waals surface area contributed by atoms with Gasteiger partial charge in [0.2, 0.25) is 0 Å². The van der Waals surface area contributed by atoms with Crippen LogP contribution >= 0.6 is 0 Å². The fraction of sp³-hybridized carbons (Fsp3) is 0.500. The predicted molar refractivity (Wildman–Crippen MR) is 61.1 cm³/mol. The second-order valence-corrected chi connectivity index (χ2v) is 3.72. The molecule has 0 aliphatic carbocycles. The zero-order valence-electron chi connectivity index (χ0n) is 9.53. The molecule has 0 amide bonds. The van der Waals surface area contributed by atoms with E-state index in [4.69, 9.17) is 4.74 Å². The molecule has 0 saturated heterocycles. The second kappa shape index (κ2) is 5.73. The lowest BCUT2D eigenvalue weighted by Crippen LogP contribution is -2.27. The number of hydrogen-bond acceptors (Lipinski definition) is 3. The van der Waals surface area contributed by atoms with E-state index >= 15 is 0 Å². The maximum absolute atomic E-state index is 9.18. The molecule has 0 aliphatic rings. The zero-order chi connectivity index (χ0) is 11.3. The van der Waals surface area contributed by atoms with Crippen LogP contribution in [0.15, 0.2) is 24.3 Å². The van der Waals surface area contributed by atoms with Crippen LogP contribution < -0.4 is 10.1 Å². The molecule has 0 saturated carbocycles. The van der Waals surface area contributed by atoms with E-state index in [0.717, 1.165) is 11.3 Å². The highest BCUT2D eigenvalue weighted by atomic mass is 16.5. The van der Waals surface area contributed by atoms with E-state index in [1.807, 2.05) is 24.3 Å². The van der Waals surface area contributed by atoms with Gasteiger partial charge in [0, 0.05) is 18.2 Å². The van der Waals surface area contributed by atoms with Crippen molar-refractivity contribution < 1.29 is 9.84 Å². The van der Waals surface area contributed by atoms with Crippen LogP contribution in [0, 0.1) is 0 Å². The Morgan fingerprint density at radius 2 is 2.00 bits per heavy atom. The van der Waals surface area contributed by atoms with Crippen molar-refractivity contribution in [1.82, 2.24) is 5.32 Å². The Morgan fingerprint density at radius 3 is 2.60 bits per heavy atom. The van der Waals surface area contributed by atoms with Crippen molar-refractivity contribution in [2.75, 3.05) is 13.7 Å². The molecule has 0 heterocycles. The Bertz CT molecular complexity index is 299. The first kappa shape index (κ1) is 12.0. The predicted octanol–water partition coefficient (Wildman–Crippen LogP) is 1.73. The molecule has 0 spiro atoms. The SMILES string of the molecule is COc1ccccc1C(C)NCC(C)O. The van der Waals surface area contributed by atoms with Crippen LogP contribution in [0.2, 0.25) is 0 Å². The number of para-hydroxylation sites is 1. The van der Waals surface area contributed by atoms with E-state index in [1.165, 1.54) is 0 Å². The number of rotatable bonds is 5. The van der Waals surface area contributed by atoms with Crippen molar-refractivity contribution in [1.29, 1.82) is 0 Å².